The maximum absolute atomic E-state index is 14.9. The maximum atomic E-state index is 14.9. The van der Waals surface area contributed by atoms with E-state index in [1.807, 2.05) is 29.2 Å². The summed E-state index contributed by atoms with van der Waals surface area (Å²) in [6, 6.07) is 13.7. The van der Waals surface area contributed by atoms with Crippen LogP contribution in [0.1, 0.15) is 47.6 Å². The second kappa shape index (κ2) is 15.0. The number of carbonyl (C=O) groups excluding carboxylic acids is 1. The third kappa shape index (κ3) is 7.63. The molecule has 5 aromatic rings. The summed E-state index contributed by atoms with van der Waals surface area (Å²) in [5.74, 6) is -4.25. The van der Waals surface area contributed by atoms with Crippen LogP contribution in [0.3, 0.4) is 0 Å². The molecule has 2 aliphatic rings. The van der Waals surface area contributed by atoms with E-state index in [2.05, 4.69) is 39.4 Å². The van der Waals surface area contributed by atoms with Gasteiger partial charge in [-0.3, -0.25) is 14.5 Å². The van der Waals surface area contributed by atoms with Crippen molar-refractivity contribution in [2.45, 2.75) is 38.3 Å². The molecule has 266 valence electrons. The summed E-state index contributed by atoms with van der Waals surface area (Å²) in [6.45, 7) is 3.96. The monoisotopic (exact) mass is 699 g/mol. The Morgan fingerprint density at radius 3 is 2.39 bits per heavy atom. The zero-order valence-corrected chi connectivity index (χ0v) is 28.6. The minimum absolute atomic E-state index is 0.138. The zero-order valence-electron chi connectivity index (χ0n) is 28.6. The number of ether oxygens (including phenoxy) is 2. The van der Waals surface area contributed by atoms with Crippen LogP contribution < -0.4 is 19.7 Å². The molecule has 1 amide bonds. The molecule has 2 aromatic heterocycles. The highest BCUT2D eigenvalue weighted by atomic mass is 19.2. The number of benzene rings is 3. The van der Waals surface area contributed by atoms with E-state index in [9.17, 15) is 18.0 Å². The van der Waals surface area contributed by atoms with E-state index >= 15 is 0 Å². The van der Waals surface area contributed by atoms with Crippen molar-refractivity contribution in [3.05, 3.63) is 95.7 Å². The number of carbonyl (C=O) groups is 1. The maximum Gasteiger partial charge on any atom is 0.254 e. The zero-order chi connectivity index (χ0) is 35.5. The van der Waals surface area contributed by atoms with Crippen LogP contribution in [0.15, 0.2) is 67.1 Å². The number of hydrogen-bond donors (Lipinski definition) is 1. The molecule has 1 N–H and O–H groups in total. The highest BCUT2D eigenvalue weighted by molar-refractivity contribution is 5.94. The van der Waals surface area contributed by atoms with Gasteiger partial charge >= 0.3 is 0 Å². The first-order chi connectivity index (χ1) is 24.7. The molecule has 0 atom stereocenters. The van der Waals surface area contributed by atoms with Gasteiger partial charge in [0, 0.05) is 49.9 Å². The topological polar surface area (TPSA) is 97.6 Å². The first-order valence-corrected chi connectivity index (χ1v) is 17.2. The third-order valence-corrected chi connectivity index (χ3v) is 9.93. The lowest BCUT2D eigenvalue weighted by Crippen LogP contribution is -2.44. The Morgan fingerprint density at radius 1 is 0.922 bits per heavy atom. The quantitative estimate of drug-likeness (QED) is 0.167. The lowest BCUT2D eigenvalue weighted by Gasteiger charge is -2.32. The summed E-state index contributed by atoms with van der Waals surface area (Å²) in [6.07, 6.45) is 9.04. The van der Waals surface area contributed by atoms with Gasteiger partial charge in [0.05, 0.1) is 42.3 Å². The first kappa shape index (κ1) is 34.3. The van der Waals surface area contributed by atoms with Crippen LogP contribution in [0.4, 0.5) is 19.0 Å². The summed E-state index contributed by atoms with van der Waals surface area (Å²) in [5, 5.41) is 8.59. The van der Waals surface area contributed by atoms with Crippen LogP contribution in [-0.2, 0) is 6.61 Å². The van der Waals surface area contributed by atoms with Crippen LogP contribution in [-0.4, -0.2) is 77.4 Å². The molecule has 0 unspecified atom stereocenters. The standard InChI is InChI=1S/C38H40F3N7O3/c1-46-13-15-47(16-14-46)34-21-42-33(20-43-34)26-7-8-27-22-48(45-32(27)17-26)28-9-3-24(4-10-28)19-44-38(49)30-18-31(39)37(36(41)35(30)40)51-23-25-5-11-29(50-2)12-6-25/h5-8,11-12,17-18,20-22,24,28H,3-4,9-10,13-16,19,23H2,1-2H3,(H,44,49)/t24-,28-. The van der Waals surface area contributed by atoms with E-state index in [0.717, 1.165) is 79.8 Å². The number of rotatable bonds is 10. The fraction of sp³-hybridized carbons (Fsp3) is 0.368. The van der Waals surface area contributed by atoms with Gasteiger partial charge < -0.3 is 24.6 Å². The molecular weight excluding hydrogens is 659 g/mol. The summed E-state index contributed by atoms with van der Waals surface area (Å²) in [7, 11) is 3.65. The van der Waals surface area contributed by atoms with Gasteiger partial charge in [-0.05, 0) is 68.5 Å². The summed E-state index contributed by atoms with van der Waals surface area (Å²) in [5.41, 5.74) is 2.54. The number of methoxy groups -OCH3 is 1. The van der Waals surface area contributed by atoms with Crippen LogP contribution in [0, 0.1) is 23.4 Å². The number of hydrogen-bond acceptors (Lipinski definition) is 8. The summed E-state index contributed by atoms with van der Waals surface area (Å²) in [4.78, 5) is 26.8. The molecule has 10 nitrogen and oxygen atoms in total. The second-order valence-corrected chi connectivity index (χ2v) is 13.3. The highest BCUT2D eigenvalue weighted by Crippen LogP contribution is 2.34. The van der Waals surface area contributed by atoms with Crippen molar-refractivity contribution in [2.24, 2.45) is 5.92 Å². The van der Waals surface area contributed by atoms with Crippen LogP contribution in [0.2, 0.25) is 0 Å². The Balaban J connectivity index is 0.916. The first-order valence-electron chi connectivity index (χ1n) is 17.2. The Morgan fingerprint density at radius 2 is 1.69 bits per heavy atom. The molecule has 3 aromatic carbocycles. The highest BCUT2D eigenvalue weighted by Gasteiger charge is 2.27. The molecule has 1 aliphatic carbocycles. The second-order valence-electron chi connectivity index (χ2n) is 13.3. The number of fused-ring (bicyclic) bond motifs is 1. The Bertz CT molecular complexity index is 1990. The molecule has 3 heterocycles. The average molecular weight is 700 g/mol. The van der Waals surface area contributed by atoms with Gasteiger partial charge in [0.1, 0.15) is 18.2 Å². The Labute approximate surface area is 294 Å². The number of aromatic nitrogens is 4. The molecule has 0 spiro atoms. The lowest BCUT2D eigenvalue weighted by molar-refractivity contribution is 0.0935. The van der Waals surface area contributed by atoms with E-state index in [1.165, 1.54) is 7.11 Å². The molecule has 0 bridgehead atoms. The molecule has 0 radical (unpaired) electrons. The van der Waals surface area contributed by atoms with Crippen molar-refractivity contribution in [1.82, 2.24) is 30.0 Å². The predicted octanol–water partition coefficient (Wildman–Crippen LogP) is 6.41. The number of halogens is 3. The average Bonchev–Trinajstić information content (AvgIpc) is 3.60. The number of nitrogens with zero attached hydrogens (tertiary/aromatic N) is 6. The van der Waals surface area contributed by atoms with E-state index in [0.29, 0.717) is 17.4 Å². The minimum atomic E-state index is -1.54. The van der Waals surface area contributed by atoms with Crippen molar-refractivity contribution in [2.75, 3.05) is 51.8 Å². The number of amides is 1. The van der Waals surface area contributed by atoms with E-state index in [1.54, 1.807) is 24.3 Å². The molecule has 1 aliphatic heterocycles. The van der Waals surface area contributed by atoms with Crippen molar-refractivity contribution in [3.63, 3.8) is 0 Å². The minimum Gasteiger partial charge on any atom is -0.497 e. The number of piperazine rings is 1. The van der Waals surface area contributed by atoms with Gasteiger partial charge in [0.2, 0.25) is 5.82 Å². The lowest BCUT2D eigenvalue weighted by atomic mass is 9.86. The van der Waals surface area contributed by atoms with E-state index in [-0.39, 0.29) is 25.1 Å². The van der Waals surface area contributed by atoms with Crippen molar-refractivity contribution in [3.8, 4) is 22.8 Å². The third-order valence-electron chi connectivity index (χ3n) is 9.93. The van der Waals surface area contributed by atoms with Gasteiger partial charge in [-0.15, -0.1) is 0 Å². The fourth-order valence-electron chi connectivity index (χ4n) is 6.75. The molecule has 51 heavy (non-hydrogen) atoms. The van der Waals surface area contributed by atoms with Gasteiger partial charge in [-0.2, -0.15) is 9.49 Å². The van der Waals surface area contributed by atoms with Gasteiger partial charge in [-0.1, -0.05) is 24.3 Å². The van der Waals surface area contributed by atoms with Crippen molar-refractivity contribution < 1.29 is 27.4 Å². The summed E-state index contributed by atoms with van der Waals surface area (Å²) >= 11 is 0. The Kier molecular flexibility index (Phi) is 10.1. The molecular formula is C38H40F3N7O3. The Hall–Kier alpha value is -5.17. The van der Waals surface area contributed by atoms with Gasteiger partial charge in [0.15, 0.2) is 17.4 Å². The predicted molar refractivity (Wildman–Crippen MR) is 187 cm³/mol. The van der Waals surface area contributed by atoms with Gasteiger partial charge in [0.25, 0.3) is 5.91 Å². The molecule has 2 fully saturated rings. The van der Waals surface area contributed by atoms with Crippen LogP contribution >= 0.6 is 0 Å². The largest absolute Gasteiger partial charge is 0.497 e. The van der Waals surface area contributed by atoms with Crippen LogP contribution in [0.25, 0.3) is 22.2 Å². The number of nitrogens with one attached hydrogen (secondary N) is 1. The van der Waals surface area contributed by atoms with Crippen molar-refractivity contribution >= 4 is 22.6 Å². The SMILES string of the molecule is COc1ccc(COc2c(F)cc(C(=O)NC[C@H]3CC[C@H](n4cc5ccc(-c6cnc(N7CCN(C)CC7)cn6)cc5n4)CC3)c(F)c2F)cc1. The molecule has 7 rings (SSSR count). The fourth-order valence-corrected chi connectivity index (χ4v) is 6.75. The smallest absolute Gasteiger partial charge is 0.254 e. The number of likely N-dealkylation sites (N-methyl/N-ethyl adjacent to an activating group) is 1. The summed E-state index contributed by atoms with van der Waals surface area (Å²) < 4.78 is 56.9. The molecule has 1 saturated heterocycles. The van der Waals surface area contributed by atoms with E-state index < -0.39 is 34.7 Å². The van der Waals surface area contributed by atoms with Gasteiger partial charge in [-0.25, -0.2) is 13.8 Å². The molecule has 13 heteroatoms. The van der Waals surface area contributed by atoms with Crippen molar-refractivity contribution in [1.29, 1.82) is 0 Å². The van der Waals surface area contributed by atoms with Crippen LogP contribution in [0.5, 0.6) is 11.5 Å². The van der Waals surface area contributed by atoms with E-state index in [4.69, 9.17) is 19.6 Å². The normalized spacial score (nSPS) is 18.2. The molecule has 1 saturated carbocycles. The number of anilines is 1.